The first-order valence-electron chi connectivity index (χ1n) is 6.65. The van der Waals surface area contributed by atoms with Gasteiger partial charge in [0.25, 0.3) is 0 Å². The van der Waals surface area contributed by atoms with Crippen molar-refractivity contribution in [3.05, 3.63) is 72.3 Å². The first kappa shape index (κ1) is 18.4. The van der Waals surface area contributed by atoms with Gasteiger partial charge in [0.15, 0.2) is 0 Å². The molecule has 0 unspecified atom stereocenters. The first-order chi connectivity index (χ1) is 11.4. The van der Waals surface area contributed by atoms with Gasteiger partial charge in [-0.1, -0.05) is 18.2 Å². The van der Waals surface area contributed by atoms with Gasteiger partial charge in [-0.3, -0.25) is 4.79 Å². The Morgan fingerprint density at radius 2 is 1.25 bits per heavy atom. The van der Waals surface area contributed by atoms with Gasteiger partial charge < -0.3 is 20.7 Å². The molecule has 124 valence electrons. The molecule has 0 aliphatic rings. The fourth-order valence-electron chi connectivity index (χ4n) is 1.45. The molecule has 0 heterocycles. The van der Waals surface area contributed by atoms with Crippen molar-refractivity contribution >= 4 is 17.8 Å². The lowest BCUT2D eigenvalue weighted by molar-refractivity contribution is -0.134. The van der Waals surface area contributed by atoms with E-state index in [1.165, 1.54) is 0 Å². The molecule has 24 heavy (non-hydrogen) atoms. The molecular weight excluding hydrogens is 314 g/mol. The molecule has 0 aliphatic heterocycles. The number of para-hydroxylation sites is 1. The first-order valence-corrected chi connectivity index (χ1v) is 6.65. The third-order valence-electron chi connectivity index (χ3n) is 2.49. The van der Waals surface area contributed by atoms with Crippen molar-refractivity contribution in [1.82, 2.24) is 0 Å². The summed E-state index contributed by atoms with van der Waals surface area (Å²) < 4.78 is 5.56. The molecule has 2 aromatic rings. The lowest BCUT2D eigenvalue weighted by atomic mass is 10.2. The zero-order chi connectivity index (χ0) is 17.9. The standard InChI is InChI=1S/C13H11NO2.C4H4O4/c14-13(15)10-6-8-12(9-7-10)16-11-4-2-1-3-5-11;5-3(6)1-2-4(7)8/h1-9H,(H2,14,15);1-2H,(H,5,6)(H,7,8)/b;2-1+. The van der Waals surface area contributed by atoms with E-state index in [1.54, 1.807) is 24.3 Å². The van der Waals surface area contributed by atoms with Crippen LogP contribution in [0.4, 0.5) is 0 Å². The zero-order valence-corrected chi connectivity index (χ0v) is 12.5. The van der Waals surface area contributed by atoms with Crippen LogP contribution < -0.4 is 10.5 Å². The van der Waals surface area contributed by atoms with Crippen LogP contribution in [0, 0.1) is 0 Å². The zero-order valence-electron chi connectivity index (χ0n) is 12.5. The summed E-state index contributed by atoms with van der Waals surface area (Å²) in [6, 6.07) is 16.1. The molecule has 1 amide bonds. The molecule has 7 heteroatoms. The number of primary amides is 1. The summed E-state index contributed by atoms with van der Waals surface area (Å²) in [5, 5.41) is 15.6. The average molecular weight is 329 g/mol. The Morgan fingerprint density at radius 1 is 0.792 bits per heavy atom. The van der Waals surface area contributed by atoms with Crippen molar-refractivity contribution in [2.75, 3.05) is 0 Å². The SMILES string of the molecule is NC(=O)c1ccc(Oc2ccccc2)cc1.O=C(O)/C=C/C(=O)O. The Morgan fingerprint density at radius 3 is 1.67 bits per heavy atom. The van der Waals surface area contributed by atoms with Crippen molar-refractivity contribution in [3.63, 3.8) is 0 Å². The number of carboxylic acids is 2. The van der Waals surface area contributed by atoms with Gasteiger partial charge in [0.1, 0.15) is 11.5 Å². The molecule has 0 bridgehead atoms. The molecule has 0 spiro atoms. The van der Waals surface area contributed by atoms with Gasteiger partial charge in [-0.2, -0.15) is 0 Å². The number of carboxylic acid groups (broad SMARTS) is 2. The van der Waals surface area contributed by atoms with Crippen LogP contribution in [-0.4, -0.2) is 28.1 Å². The number of amides is 1. The lowest BCUT2D eigenvalue weighted by Crippen LogP contribution is -2.10. The molecule has 0 saturated heterocycles. The van der Waals surface area contributed by atoms with Crippen LogP contribution in [0.3, 0.4) is 0 Å². The largest absolute Gasteiger partial charge is 0.478 e. The third kappa shape index (κ3) is 7.41. The maximum absolute atomic E-state index is 10.9. The van der Waals surface area contributed by atoms with E-state index in [0.717, 1.165) is 5.75 Å². The smallest absolute Gasteiger partial charge is 0.328 e. The molecule has 2 rings (SSSR count). The maximum Gasteiger partial charge on any atom is 0.328 e. The minimum atomic E-state index is -1.26. The van der Waals surface area contributed by atoms with E-state index < -0.39 is 17.8 Å². The summed E-state index contributed by atoms with van der Waals surface area (Å²) in [6.45, 7) is 0. The minimum absolute atomic E-state index is 0.439. The highest BCUT2D eigenvalue weighted by molar-refractivity contribution is 5.92. The van der Waals surface area contributed by atoms with E-state index in [2.05, 4.69) is 0 Å². The fraction of sp³-hybridized carbons (Fsp3) is 0. The van der Waals surface area contributed by atoms with Crippen LogP contribution >= 0.6 is 0 Å². The Bertz CT molecular complexity index is 707. The second-order valence-electron chi connectivity index (χ2n) is 4.31. The summed E-state index contributed by atoms with van der Waals surface area (Å²) in [5.74, 6) is -1.52. The fourth-order valence-corrected chi connectivity index (χ4v) is 1.45. The van der Waals surface area contributed by atoms with Gasteiger partial charge >= 0.3 is 11.9 Å². The molecular formula is C17H15NO6. The van der Waals surface area contributed by atoms with Gasteiger partial charge in [-0.05, 0) is 36.4 Å². The highest BCUT2D eigenvalue weighted by atomic mass is 16.5. The third-order valence-corrected chi connectivity index (χ3v) is 2.49. The summed E-state index contributed by atoms with van der Waals surface area (Å²) >= 11 is 0. The number of nitrogens with two attached hydrogens (primary N) is 1. The Hall–Kier alpha value is -3.61. The molecule has 0 fully saturated rings. The van der Waals surface area contributed by atoms with Crippen molar-refractivity contribution in [1.29, 1.82) is 0 Å². The van der Waals surface area contributed by atoms with Crippen molar-refractivity contribution < 1.29 is 29.3 Å². The molecule has 0 aromatic heterocycles. The van der Waals surface area contributed by atoms with E-state index >= 15 is 0 Å². The van der Waals surface area contributed by atoms with Gasteiger partial charge in [0, 0.05) is 17.7 Å². The van der Waals surface area contributed by atoms with Crippen LogP contribution in [0.1, 0.15) is 10.4 Å². The minimum Gasteiger partial charge on any atom is -0.478 e. The van der Waals surface area contributed by atoms with E-state index in [9.17, 15) is 14.4 Å². The second kappa shape index (κ2) is 9.42. The van der Waals surface area contributed by atoms with Crippen LogP contribution in [0.2, 0.25) is 0 Å². The molecule has 7 nitrogen and oxygen atoms in total. The van der Waals surface area contributed by atoms with E-state index in [1.807, 2.05) is 30.3 Å². The van der Waals surface area contributed by atoms with E-state index in [0.29, 0.717) is 23.5 Å². The predicted molar refractivity (Wildman–Crippen MR) is 85.9 cm³/mol. The van der Waals surface area contributed by atoms with Crippen molar-refractivity contribution in [2.45, 2.75) is 0 Å². The monoisotopic (exact) mass is 329 g/mol. The predicted octanol–water partition coefficient (Wildman–Crippen LogP) is 2.29. The highest BCUT2D eigenvalue weighted by Crippen LogP contribution is 2.20. The molecule has 0 radical (unpaired) electrons. The molecule has 4 N–H and O–H groups in total. The van der Waals surface area contributed by atoms with E-state index in [4.69, 9.17) is 20.7 Å². The van der Waals surface area contributed by atoms with E-state index in [-0.39, 0.29) is 0 Å². The average Bonchev–Trinajstić information content (AvgIpc) is 2.55. The normalized spacial score (nSPS) is 9.67. The summed E-state index contributed by atoms with van der Waals surface area (Å²) in [4.78, 5) is 30.0. The van der Waals surface area contributed by atoms with Gasteiger partial charge in [0.05, 0.1) is 0 Å². The van der Waals surface area contributed by atoms with Crippen LogP contribution in [0.15, 0.2) is 66.7 Å². The molecule has 0 saturated carbocycles. The lowest BCUT2D eigenvalue weighted by Gasteiger charge is -2.05. The Balaban J connectivity index is 0.000000307. The number of carbonyl (C=O) groups excluding carboxylic acids is 1. The Kier molecular flexibility index (Phi) is 7.23. The van der Waals surface area contributed by atoms with Crippen molar-refractivity contribution in [2.24, 2.45) is 5.73 Å². The summed E-state index contributed by atoms with van der Waals surface area (Å²) in [6.07, 6.45) is 1.12. The maximum atomic E-state index is 10.9. The Labute approximate surface area is 137 Å². The number of aliphatic carboxylic acids is 2. The molecule has 0 atom stereocenters. The molecule has 0 aliphatic carbocycles. The highest BCUT2D eigenvalue weighted by Gasteiger charge is 2.00. The molecule has 2 aromatic carbocycles. The van der Waals surface area contributed by atoms with Gasteiger partial charge in [0.2, 0.25) is 5.91 Å². The second-order valence-corrected chi connectivity index (χ2v) is 4.31. The quantitative estimate of drug-likeness (QED) is 0.722. The van der Waals surface area contributed by atoms with Gasteiger partial charge in [-0.15, -0.1) is 0 Å². The summed E-state index contributed by atoms with van der Waals surface area (Å²) in [7, 11) is 0. The number of hydrogen-bond donors (Lipinski definition) is 3. The number of carbonyl (C=O) groups is 3. The van der Waals surface area contributed by atoms with Gasteiger partial charge in [-0.25, -0.2) is 9.59 Å². The number of rotatable bonds is 5. The van der Waals surface area contributed by atoms with Crippen LogP contribution in [-0.2, 0) is 9.59 Å². The van der Waals surface area contributed by atoms with Crippen molar-refractivity contribution in [3.8, 4) is 11.5 Å². The number of benzene rings is 2. The van der Waals surface area contributed by atoms with Crippen LogP contribution in [0.25, 0.3) is 0 Å². The number of ether oxygens (including phenoxy) is 1. The summed E-state index contributed by atoms with van der Waals surface area (Å²) in [5.41, 5.74) is 5.61. The number of hydrogen-bond acceptors (Lipinski definition) is 4. The van der Waals surface area contributed by atoms with Crippen LogP contribution in [0.5, 0.6) is 11.5 Å². The topological polar surface area (TPSA) is 127 Å².